The Bertz CT molecular complexity index is 925. The number of nitrogens with one attached hydrogen (secondary N) is 1. The van der Waals surface area contributed by atoms with Gasteiger partial charge >= 0.3 is 11.8 Å². The van der Waals surface area contributed by atoms with E-state index < -0.39 is 0 Å². The number of benzene rings is 1. The fourth-order valence-electron chi connectivity index (χ4n) is 3.59. The van der Waals surface area contributed by atoms with E-state index in [0.29, 0.717) is 12.2 Å². The predicted octanol–water partition coefficient (Wildman–Crippen LogP) is 3.93. The third-order valence-electron chi connectivity index (χ3n) is 5.36. The number of carbonyl (C=O) groups excluding carboxylic acids is 1. The Morgan fingerprint density at radius 1 is 1.24 bits per heavy atom. The smallest absolute Gasteiger partial charge is 0.316 e. The lowest BCUT2D eigenvalue weighted by Gasteiger charge is -2.32. The molecule has 0 bridgehead atoms. The first-order valence-electron chi connectivity index (χ1n) is 10.1. The molecule has 3 heterocycles. The van der Waals surface area contributed by atoms with Crippen molar-refractivity contribution in [1.82, 2.24) is 15.5 Å². The van der Waals surface area contributed by atoms with Gasteiger partial charge in [-0.15, -0.1) is 0 Å². The summed E-state index contributed by atoms with van der Waals surface area (Å²) in [5, 5.41) is 6.82. The molecule has 152 valence electrons. The van der Waals surface area contributed by atoms with Crippen molar-refractivity contribution in [3.05, 3.63) is 54.3 Å². The highest BCUT2D eigenvalue weighted by Gasteiger charge is 2.20. The van der Waals surface area contributed by atoms with Crippen LogP contribution in [0, 0.1) is 5.92 Å². The fourth-order valence-corrected chi connectivity index (χ4v) is 3.59. The van der Waals surface area contributed by atoms with Crippen molar-refractivity contribution in [3.8, 4) is 11.4 Å². The normalized spacial score (nSPS) is 16.0. The molecule has 0 aliphatic carbocycles. The largest absolute Gasteiger partial charge is 0.469 e. The molecule has 4 rings (SSSR count). The molecule has 1 aromatic carbocycles. The number of anilines is 1. The van der Waals surface area contributed by atoms with E-state index in [9.17, 15) is 4.79 Å². The number of piperidine rings is 1. The number of nitrogens with zero attached hydrogens (tertiary/aromatic N) is 3. The lowest BCUT2D eigenvalue weighted by Crippen LogP contribution is -2.34. The standard InChI is InChI=1S/C22H26N4O3/c1-15-9-11-26(12-10-15)18-7-5-17(6-8-18)20-24-22(29-25-20)21(27)23-16(2)14-19-4-3-13-28-19/h3-8,13,15-16H,9-12,14H2,1-2H3,(H,23,27). The number of rotatable bonds is 6. The molecule has 1 aliphatic heterocycles. The van der Waals surface area contributed by atoms with Crippen LogP contribution in [0.3, 0.4) is 0 Å². The van der Waals surface area contributed by atoms with Crippen LogP contribution in [-0.4, -0.2) is 35.2 Å². The molecule has 3 aromatic rings. The Balaban J connectivity index is 1.37. The van der Waals surface area contributed by atoms with Gasteiger partial charge in [0.25, 0.3) is 0 Å². The molecule has 1 unspecified atom stereocenters. The Morgan fingerprint density at radius 2 is 2.00 bits per heavy atom. The van der Waals surface area contributed by atoms with Crippen molar-refractivity contribution in [2.24, 2.45) is 5.92 Å². The van der Waals surface area contributed by atoms with E-state index >= 15 is 0 Å². The van der Waals surface area contributed by atoms with Crippen LogP contribution >= 0.6 is 0 Å². The summed E-state index contributed by atoms with van der Waals surface area (Å²) in [7, 11) is 0. The predicted molar refractivity (Wildman–Crippen MR) is 110 cm³/mol. The minimum atomic E-state index is -0.387. The second-order valence-electron chi connectivity index (χ2n) is 7.80. The van der Waals surface area contributed by atoms with Crippen LogP contribution in [0.1, 0.15) is 43.1 Å². The zero-order chi connectivity index (χ0) is 20.2. The van der Waals surface area contributed by atoms with Gasteiger partial charge in [-0.25, -0.2) is 0 Å². The molecule has 7 heteroatoms. The highest BCUT2D eigenvalue weighted by Crippen LogP contribution is 2.25. The first-order chi connectivity index (χ1) is 14.1. The molecule has 1 N–H and O–H groups in total. The van der Waals surface area contributed by atoms with E-state index in [-0.39, 0.29) is 17.8 Å². The van der Waals surface area contributed by atoms with Crippen molar-refractivity contribution < 1.29 is 13.7 Å². The monoisotopic (exact) mass is 394 g/mol. The zero-order valence-electron chi connectivity index (χ0n) is 16.8. The fraction of sp³-hybridized carbons (Fsp3) is 0.409. The summed E-state index contributed by atoms with van der Waals surface area (Å²) in [5.74, 6) is 1.60. The molecular formula is C22H26N4O3. The lowest BCUT2D eigenvalue weighted by atomic mass is 9.98. The van der Waals surface area contributed by atoms with Gasteiger partial charge in [-0.3, -0.25) is 4.79 Å². The van der Waals surface area contributed by atoms with Crippen molar-refractivity contribution >= 4 is 11.6 Å². The average Bonchev–Trinajstić information content (AvgIpc) is 3.41. The number of furan rings is 1. The van der Waals surface area contributed by atoms with Crippen molar-refractivity contribution in [2.45, 2.75) is 39.2 Å². The highest BCUT2D eigenvalue weighted by molar-refractivity contribution is 5.90. The number of amides is 1. The van der Waals surface area contributed by atoms with Gasteiger partial charge in [-0.05, 0) is 62.1 Å². The van der Waals surface area contributed by atoms with Crippen molar-refractivity contribution in [2.75, 3.05) is 18.0 Å². The summed E-state index contributed by atoms with van der Waals surface area (Å²) in [6.07, 6.45) is 4.66. The van der Waals surface area contributed by atoms with E-state index in [4.69, 9.17) is 8.94 Å². The van der Waals surface area contributed by atoms with Gasteiger partial charge in [0.2, 0.25) is 5.82 Å². The van der Waals surface area contributed by atoms with E-state index in [1.54, 1.807) is 6.26 Å². The molecule has 1 amide bonds. The number of hydrogen-bond donors (Lipinski definition) is 1. The molecule has 0 spiro atoms. The van der Waals surface area contributed by atoms with Crippen LogP contribution in [0.5, 0.6) is 0 Å². The maximum absolute atomic E-state index is 12.4. The summed E-state index contributed by atoms with van der Waals surface area (Å²) in [6.45, 7) is 6.38. The van der Waals surface area contributed by atoms with Gasteiger partial charge in [0.1, 0.15) is 5.76 Å². The second kappa shape index (κ2) is 8.51. The summed E-state index contributed by atoms with van der Waals surface area (Å²) >= 11 is 0. The van der Waals surface area contributed by atoms with Crippen LogP contribution in [0.4, 0.5) is 5.69 Å². The minimum Gasteiger partial charge on any atom is -0.469 e. The number of carbonyl (C=O) groups is 1. The SMILES string of the molecule is CC1CCN(c2ccc(-c3noc(C(=O)NC(C)Cc4ccco4)n3)cc2)CC1. The van der Waals surface area contributed by atoms with Crippen LogP contribution in [0.2, 0.25) is 0 Å². The van der Waals surface area contributed by atoms with Gasteiger partial charge in [-0.1, -0.05) is 12.1 Å². The maximum Gasteiger partial charge on any atom is 0.316 e. The maximum atomic E-state index is 12.4. The minimum absolute atomic E-state index is 0.0413. The highest BCUT2D eigenvalue weighted by atomic mass is 16.5. The topological polar surface area (TPSA) is 84.4 Å². The van der Waals surface area contributed by atoms with E-state index in [1.807, 2.05) is 31.2 Å². The first-order valence-corrected chi connectivity index (χ1v) is 10.1. The van der Waals surface area contributed by atoms with Crippen LogP contribution in [0.15, 0.2) is 51.6 Å². The van der Waals surface area contributed by atoms with Crippen molar-refractivity contribution in [1.29, 1.82) is 0 Å². The van der Waals surface area contributed by atoms with Crippen LogP contribution in [-0.2, 0) is 6.42 Å². The Kier molecular flexibility index (Phi) is 5.64. The molecule has 1 aliphatic rings. The van der Waals surface area contributed by atoms with Gasteiger partial charge in [0.15, 0.2) is 0 Å². The molecule has 0 saturated carbocycles. The third kappa shape index (κ3) is 4.67. The number of aromatic nitrogens is 2. The average molecular weight is 394 g/mol. The molecule has 2 aromatic heterocycles. The Morgan fingerprint density at radius 3 is 2.69 bits per heavy atom. The molecule has 0 radical (unpaired) electrons. The summed E-state index contributed by atoms with van der Waals surface area (Å²) in [5.41, 5.74) is 2.03. The second-order valence-corrected chi connectivity index (χ2v) is 7.80. The summed E-state index contributed by atoms with van der Waals surface area (Å²) in [4.78, 5) is 19.0. The molecular weight excluding hydrogens is 368 g/mol. The number of hydrogen-bond acceptors (Lipinski definition) is 6. The Hall–Kier alpha value is -3.09. The van der Waals surface area contributed by atoms with Crippen LogP contribution in [0.25, 0.3) is 11.4 Å². The summed E-state index contributed by atoms with van der Waals surface area (Å²) < 4.78 is 10.5. The van der Waals surface area contributed by atoms with Gasteiger partial charge in [0.05, 0.1) is 6.26 Å². The van der Waals surface area contributed by atoms with Crippen molar-refractivity contribution in [3.63, 3.8) is 0 Å². The molecule has 1 saturated heterocycles. The van der Waals surface area contributed by atoms with E-state index in [0.717, 1.165) is 30.3 Å². The van der Waals surface area contributed by atoms with Gasteiger partial charge in [0, 0.05) is 36.8 Å². The lowest BCUT2D eigenvalue weighted by molar-refractivity contribution is 0.0895. The summed E-state index contributed by atoms with van der Waals surface area (Å²) in [6, 6.07) is 11.7. The third-order valence-corrected chi connectivity index (χ3v) is 5.36. The molecule has 7 nitrogen and oxygen atoms in total. The first kappa shape index (κ1) is 19.2. The van der Waals surface area contributed by atoms with E-state index in [2.05, 4.69) is 39.4 Å². The zero-order valence-corrected chi connectivity index (χ0v) is 16.8. The van der Waals surface area contributed by atoms with Gasteiger partial charge in [-0.2, -0.15) is 4.98 Å². The van der Waals surface area contributed by atoms with Gasteiger partial charge < -0.3 is 19.2 Å². The molecule has 1 atom stereocenters. The molecule has 1 fully saturated rings. The molecule has 29 heavy (non-hydrogen) atoms. The Labute approximate surface area is 170 Å². The van der Waals surface area contributed by atoms with E-state index in [1.165, 1.54) is 18.5 Å². The quantitative estimate of drug-likeness (QED) is 0.682. The van der Waals surface area contributed by atoms with Crippen LogP contribution < -0.4 is 10.2 Å².